The van der Waals surface area contributed by atoms with Crippen molar-refractivity contribution in [1.29, 1.82) is 0 Å². The van der Waals surface area contributed by atoms with E-state index in [4.69, 9.17) is 21.9 Å². The zero-order chi connectivity index (χ0) is 26.2. The van der Waals surface area contributed by atoms with Gasteiger partial charge in [-0.3, -0.25) is 4.98 Å². The van der Waals surface area contributed by atoms with Gasteiger partial charge in [-0.05, 0) is 92.3 Å². The summed E-state index contributed by atoms with van der Waals surface area (Å²) in [7, 11) is 0. The van der Waals surface area contributed by atoms with E-state index in [0.29, 0.717) is 5.11 Å². The maximum absolute atomic E-state index is 5.98. The van der Waals surface area contributed by atoms with Gasteiger partial charge in [-0.1, -0.05) is 28.1 Å². The molecule has 194 valence electrons. The van der Waals surface area contributed by atoms with E-state index < -0.39 is 0 Å². The lowest BCUT2D eigenvalue weighted by molar-refractivity contribution is 0.122. The molecule has 4 heterocycles. The number of pyridine rings is 1. The van der Waals surface area contributed by atoms with E-state index in [0.717, 1.165) is 47.8 Å². The predicted molar refractivity (Wildman–Crippen MR) is 160 cm³/mol. The highest BCUT2D eigenvalue weighted by atomic mass is 79.9. The van der Waals surface area contributed by atoms with E-state index in [1.165, 1.54) is 22.6 Å². The van der Waals surface area contributed by atoms with Gasteiger partial charge in [-0.15, -0.1) is 0 Å². The maximum atomic E-state index is 5.98. The van der Waals surface area contributed by atoms with Gasteiger partial charge in [0.1, 0.15) is 0 Å². The van der Waals surface area contributed by atoms with Crippen LogP contribution >= 0.6 is 28.1 Å². The lowest BCUT2D eigenvalue weighted by atomic mass is 9.96. The highest BCUT2D eigenvalue weighted by Crippen LogP contribution is 2.44. The van der Waals surface area contributed by atoms with Crippen molar-refractivity contribution in [2.75, 3.05) is 36.1 Å². The third kappa shape index (κ3) is 4.61. The number of halogens is 1. The Hall–Kier alpha value is -3.20. The van der Waals surface area contributed by atoms with Gasteiger partial charge in [0.15, 0.2) is 5.11 Å². The van der Waals surface area contributed by atoms with E-state index in [2.05, 4.69) is 110 Å². The highest BCUT2D eigenvalue weighted by Gasteiger charge is 2.42. The Bertz CT molecular complexity index is 1450. The molecule has 38 heavy (non-hydrogen) atoms. The molecule has 0 spiro atoms. The van der Waals surface area contributed by atoms with Crippen molar-refractivity contribution < 1.29 is 4.74 Å². The molecule has 6 nitrogen and oxygen atoms in total. The molecular formula is C30H30BrN5OS. The SMILES string of the molecule is Cc1cc([C@@H]2[C@H](c3ccccn3)NC(=S)N2c2ccc(N3CCOCC3)cc2)c(C)n1-c1cccc(Br)c1. The Labute approximate surface area is 237 Å². The highest BCUT2D eigenvalue weighted by molar-refractivity contribution is 9.10. The minimum absolute atomic E-state index is 0.0567. The fraction of sp³-hybridized carbons (Fsp3) is 0.267. The first-order chi connectivity index (χ1) is 18.5. The average molecular weight is 589 g/mol. The van der Waals surface area contributed by atoms with E-state index in [9.17, 15) is 0 Å². The average Bonchev–Trinajstić information content (AvgIpc) is 3.44. The van der Waals surface area contributed by atoms with Crippen molar-refractivity contribution in [2.45, 2.75) is 25.9 Å². The largest absolute Gasteiger partial charge is 0.378 e. The molecule has 0 bridgehead atoms. The van der Waals surface area contributed by atoms with Crippen molar-refractivity contribution in [2.24, 2.45) is 0 Å². The zero-order valence-corrected chi connectivity index (χ0v) is 23.9. The Morgan fingerprint density at radius 1 is 0.921 bits per heavy atom. The summed E-state index contributed by atoms with van der Waals surface area (Å²) in [5.41, 5.74) is 7.96. The second-order valence-electron chi connectivity index (χ2n) is 9.75. The number of hydrogen-bond donors (Lipinski definition) is 1. The number of nitrogens with zero attached hydrogens (tertiary/aromatic N) is 4. The Kier molecular flexibility index (Phi) is 6.95. The number of rotatable bonds is 5. The fourth-order valence-corrected chi connectivity index (χ4v) is 6.43. The van der Waals surface area contributed by atoms with Crippen molar-refractivity contribution in [3.05, 3.63) is 106 Å². The van der Waals surface area contributed by atoms with Crippen LogP contribution in [0.2, 0.25) is 0 Å². The number of aromatic nitrogens is 2. The normalized spacial score (nSPS) is 19.6. The van der Waals surface area contributed by atoms with Crippen LogP contribution in [-0.2, 0) is 4.74 Å². The molecular weight excluding hydrogens is 558 g/mol. The summed E-state index contributed by atoms with van der Waals surface area (Å²) in [4.78, 5) is 9.35. The minimum Gasteiger partial charge on any atom is -0.378 e. The van der Waals surface area contributed by atoms with Gasteiger partial charge in [-0.25, -0.2) is 0 Å². The minimum atomic E-state index is -0.0842. The molecule has 0 amide bonds. The fourth-order valence-electron chi connectivity index (χ4n) is 5.69. The molecule has 0 aliphatic carbocycles. The molecule has 0 unspecified atom stereocenters. The van der Waals surface area contributed by atoms with E-state index in [1.807, 2.05) is 18.3 Å². The number of morpholine rings is 1. The summed E-state index contributed by atoms with van der Waals surface area (Å²) in [5.74, 6) is 0. The van der Waals surface area contributed by atoms with Crippen LogP contribution in [0.4, 0.5) is 11.4 Å². The summed E-state index contributed by atoms with van der Waals surface area (Å²) in [6.07, 6.45) is 1.85. The van der Waals surface area contributed by atoms with E-state index in [1.54, 1.807) is 0 Å². The van der Waals surface area contributed by atoms with Crippen LogP contribution in [0.5, 0.6) is 0 Å². The number of benzene rings is 2. The lowest BCUT2D eigenvalue weighted by Gasteiger charge is -2.31. The second kappa shape index (κ2) is 10.5. The molecule has 2 aliphatic heterocycles. The Morgan fingerprint density at radius 3 is 2.39 bits per heavy atom. The standard InChI is InChI=1S/C30H30BrN5OS/c1-20-18-26(21(2)35(20)25-7-5-6-22(31)19-25)29-28(27-8-3-4-13-32-27)33-30(38)36(29)24-11-9-23(10-12-24)34-14-16-37-17-15-34/h3-13,18-19,28-29H,14-17H2,1-2H3,(H,33,38)/t28-,29+/m0/s1. The van der Waals surface area contributed by atoms with E-state index >= 15 is 0 Å². The molecule has 4 aromatic rings. The summed E-state index contributed by atoms with van der Waals surface area (Å²) >= 11 is 9.61. The van der Waals surface area contributed by atoms with Crippen LogP contribution in [0, 0.1) is 13.8 Å². The summed E-state index contributed by atoms with van der Waals surface area (Å²) < 4.78 is 8.91. The van der Waals surface area contributed by atoms with Crippen molar-refractivity contribution in [3.8, 4) is 5.69 Å². The first-order valence-corrected chi connectivity index (χ1v) is 14.1. The molecule has 2 aromatic carbocycles. The number of anilines is 2. The molecule has 0 saturated carbocycles. The monoisotopic (exact) mass is 587 g/mol. The molecule has 2 aliphatic rings. The maximum Gasteiger partial charge on any atom is 0.174 e. The number of thiocarbonyl (C=S) groups is 1. The smallest absolute Gasteiger partial charge is 0.174 e. The molecule has 0 radical (unpaired) electrons. The zero-order valence-electron chi connectivity index (χ0n) is 21.5. The van der Waals surface area contributed by atoms with Crippen LogP contribution < -0.4 is 15.1 Å². The Balaban J connectivity index is 1.43. The topological polar surface area (TPSA) is 45.6 Å². The quantitative estimate of drug-likeness (QED) is 0.278. The van der Waals surface area contributed by atoms with Gasteiger partial charge in [0.05, 0.1) is 31.0 Å². The van der Waals surface area contributed by atoms with Gasteiger partial charge in [0, 0.05) is 52.2 Å². The first kappa shape index (κ1) is 25.1. The summed E-state index contributed by atoms with van der Waals surface area (Å²) in [6.45, 7) is 7.71. The summed E-state index contributed by atoms with van der Waals surface area (Å²) in [6, 6.07) is 25.4. The van der Waals surface area contributed by atoms with Crippen molar-refractivity contribution in [1.82, 2.24) is 14.9 Å². The summed E-state index contributed by atoms with van der Waals surface area (Å²) in [5, 5.41) is 4.31. The predicted octanol–water partition coefficient (Wildman–Crippen LogP) is 6.27. The first-order valence-electron chi connectivity index (χ1n) is 12.9. The number of nitrogens with one attached hydrogen (secondary N) is 1. The molecule has 1 N–H and O–H groups in total. The van der Waals surface area contributed by atoms with Gasteiger partial charge < -0.3 is 24.4 Å². The molecule has 2 fully saturated rings. The van der Waals surface area contributed by atoms with Gasteiger partial charge >= 0.3 is 0 Å². The second-order valence-corrected chi connectivity index (χ2v) is 11.1. The Morgan fingerprint density at radius 2 is 1.68 bits per heavy atom. The van der Waals surface area contributed by atoms with Crippen LogP contribution in [0.3, 0.4) is 0 Å². The molecule has 2 saturated heterocycles. The number of ether oxygens (including phenoxy) is 1. The van der Waals surface area contributed by atoms with Crippen molar-refractivity contribution in [3.63, 3.8) is 0 Å². The third-order valence-corrected chi connectivity index (χ3v) is 8.27. The molecule has 6 rings (SSSR count). The molecule has 2 atom stereocenters. The number of hydrogen-bond acceptors (Lipinski definition) is 4. The van der Waals surface area contributed by atoms with Gasteiger partial charge in [-0.2, -0.15) is 0 Å². The third-order valence-electron chi connectivity index (χ3n) is 7.46. The van der Waals surface area contributed by atoms with Crippen LogP contribution in [0.25, 0.3) is 5.69 Å². The van der Waals surface area contributed by atoms with E-state index in [-0.39, 0.29) is 12.1 Å². The van der Waals surface area contributed by atoms with Crippen molar-refractivity contribution >= 4 is 44.6 Å². The van der Waals surface area contributed by atoms with Crippen LogP contribution in [0.15, 0.2) is 83.5 Å². The van der Waals surface area contributed by atoms with Gasteiger partial charge in [0.2, 0.25) is 0 Å². The van der Waals surface area contributed by atoms with Gasteiger partial charge in [0.25, 0.3) is 0 Å². The van der Waals surface area contributed by atoms with Crippen LogP contribution in [-0.4, -0.2) is 41.0 Å². The molecule has 8 heteroatoms. The molecule has 2 aromatic heterocycles. The lowest BCUT2D eigenvalue weighted by Crippen LogP contribution is -2.36. The number of aryl methyl sites for hydroxylation is 1. The van der Waals surface area contributed by atoms with Crippen LogP contribution in [0.1, 0.15) is 34.7 Å².